The van der Waals surface area contributed by atoms with Crippen molar-refractivity contribution in [3.05, 3.63) is 20.8 Å². The van der Waals surface area contributed by atoms with Crippen LogP contribution in [-0.4, -0.2) is 18.0 Å². The molecular formula is C11H15BrN2OS. The van der Waals surface area contributed by atoms with Crippen molar-refractivity contribution in [1.29, 1.82) is 0 Å². The molecule has 1 aromatic heterocycles. The average Bonchev–Trinajstić information content (AvgIpc) is 2.85. The minimum absolute atomic E-state index is 0.106. The lowest BCUT2D eigenvalue weighted by Crippen LogP contribution is -2.50. The Morgan fingerprint density at radius 3 is 3.06 bits per heavy atom. The molecule has 1 atom stereocenters. The Bertz CT molecular complexity index is 385. The summed E-state index contributed by atoms with van der Waals surface area (Å²) in [5, 5.41) is 6.24. The zero-order valence-corrected chi connectivity index (χ0v) is 11.6. The lowest BCUT2D eigenvalue weighted by Gasteiger charge is -2.22. The summed E-state index contributed by atoms with van der Waals surface area (Å²) in [4.78, 5) is 13.1. The fourth-order valence-electron chi connectivity index (χ4n) is 1.90. The Kier molecular flexibility index (Phi) is 3.66. The Labute approximate surface area is 108 Å². The van der Waals surface area contributed by atoms with Gasteiger partial charge in [-0.15, -0.1) is 11.3 Å². The van der Waals surface area contributed by atoms with Gasteiger partial charge in [-0.3, -0.25) is 4.79 Å². The molecule has 5 heteroatoms. The van der Waals surface area contributed by atoms with Crippen LogP contribution >= 0.6 is 27.3 Å². The third kappa shape index (κ3) is 2.64. The van der Waals surface area contributed by atoms with Crippen molar-refractivity contribution < 1.29 is 4.79 Å². The third-order valence-corrected chi connectivity index (χ3v) is 4.55. The van der Waals surface area contributed by atoms with Crippen molar-refractivity contribution in [2.24, 2.45) is 0 Å². The Balaban J connectivity index is 1.88. The van der Waals surface area contributed by atoms with Gasteiger partial charge >= 0.3 is 0 Å². The zero-order chi connectivity index (χ0) is 11.6. The van der Waals surface area contributed by atoms with E-state index in [1.54, 1.807) is 11.3 Å². The van der Waals surface area contributed by atoms with Gasteiger partial charge in [-0.25, -0.2) is 0 Å². The van der Waals surface area contributed by atoms with E-state index in [4.69, 9.17) is 0 Å². The first-order chi connectivity index (χ1) is 7.60. The van der Waals surface area contributed by atoms with Gasteiger partial charge in [-0.1, -0.05) is 0 Å². The van der Waals surface area contributed by atoms with Crippen LogP contribution in [0.15, 0.2) is 15.9 Å². The van der Waals surface area contributed by atoms with Crippen molar-refractivity contribution in [1.82, 2.24) is 10.6 Å². The largest absolute Gasteiger partial charge is 0.350 e. The highest BCUT2D eigenvalue weighted by atomic mass is 79.9. The zero-order valence-electron chi connectivity index (χ0n) is 9.18. The summed E-state index contributed by atoms with van der Waals surface area (Å²) in [6.07, 6.45) is 2.00. The lowest BCUT2D eigenvalue weighted by atomic mass is 9.99. The quantitative estimate of drug-likeness (QED) is 0.899. The summed E-state index contributed by atoms with van der Waals surface area (Å²) in [7, 11) is 0. The molecule has 1 fully saturated rings. The van der Waals surface area contributed by atoms with Crippen molar-refractivity contribution in [3.8, 4) is 0 Å². The standard InChI is InChI=1S/C11H15BrN2OS/c1-11(5-2-6-14-11)10(15)13-7-8-3-4-9(12)16-8/h3-4,14H,2,5-7H2,1H3,(H,13,15). The number of hydrogen-bond acceptors (Lipinski definition) is 3. The molecule has 0 saturated carbocycles. The van der Waals surface area contributed by atoms with Gasteiger partial charge in [0.1, 0.15) is 0 Å². The summed E-state index contributed by atoms with van der Waals surface area (Å²) >= 11 is 5.06. The van der Waals surface area contributed by atoms with Crippen LogP contribution in [0.25, 0.3) is 0 Å². The number of thiophene rings is 1. The molecule has 1 aliphatic heterocycles. The van der Waals surface area contributed by atoms with Gasteiger partial charge in [-0.2, -0.15) is 0 Å². The van der Waals surface area contributed by atoms with Crippen molar-refractivity contribution in [3.63, 3.8) is 0 Å². The van der Waals surface area contributed by atoms with E-state index in [1.165, 1.54) is 4.88 Å². The molecule has 2 rings (SSSR count). The van der Waals surface area contributed by atoms with Gasteiger partial charge in [0.15, 0.2) is 0 Å². The first-order valence-corrected chi connectivity index (χ1v) is 6.99. The van der Waals surface area contributed by atoms with Crippen LogP contribution in [0.1, 0.15) is 24.6 Å². The number of carbonyl (C=O) groups excluding carboxylic acids is 1. The summed E-state index contributed by atoms with van der Waals surface area (Å²) < 4.78 is 1.10. The van der Waals surface area contributed by atoms with Gasteiger partial charge in [0.05, 0.1) is 15.9 Å². The summed E-state index contributed by atoms with van der Waals surface area (Å²) in [5.74, 6) is 0.106. The van der Waals surface area contributed by atoms with E-state index in [-0.39, 0.29) is 11.4 Å². The van der Waals surface area contributed by atoms with Crippen LogP contribution < -0.4 is 10.6 Å². The molecule has 0 spiro atoms. The summed E-state index contributed by atoms with van der Waals surface area (Å²) in [6.45, 7) is 3.53. The van der Waals surface area contributed by atoms with Gasteiger partial charge in [0.25, 0.3) is 0 Å². The minimum atomic E-state index is -0.367. The first kappa shape index (κ1) is 12.1. The molecule has 2 heterocycles. The van der Waals surface area contributed by atoms with Gasteiger partial charge in [0, 0.05) is 4.88 Å². The Morgan fingerprint density at radius 2 is 2.50 bits per heavy atom. The molecule has 2 N–H and O–H groups in total. The Hall–Kier alpha value is -0.390. The van der Waals surface area contributed by atoms with Gasteiger partial charge in [0.2, 0.25) is 5.91 Å². The van der Waals surface area contributed by atoms with Crippen LogP contribution in [-0.2, 0) is 11.3 Å². The Morgan fingerprint density at radius 1 is 1.69 bits per heavy atom. The second-order valence-electron chi connectivity index (χ2n) is 4.25. The highest BCUT2D eigenvalue weighted by molar-refractivity contribution is 9.11. The van der Waals surface area contributed by atoms with E-state index >= 15 is 0 Å². The summed E-state index contributed by atoms with van der Waals surface area (Å²) in [6, 6.07) is 4.03. The van der Waals surface area contributed by atoms with E-state index in [0.717, 1.165) is 23.2 Å². The number of rotatable bonds is 3. The molecular weight excluding hydrogens is 288 g/mol. The second kappa shape index (κ2) is 4.85. The number of halogens is 1. The lowest BCUT2D eigenvalue weighted by molar-refractivity contribution is -0.126. The van der Waals surface area contributed by atoms with E-state index < -0.39 is 0 Å². The monoisotopic (exact) mass is 302 g/mol. The maximum atomic E-state index is 12.0. The number of amides is 1. The molecule has 0 aliphatic carbocycles. The predicted molar refractivity (Wildman–Crippen MR) is 69.5 cm³/mol. The fraction of sp³-hybridized carbons (Fsp3) is 0.545. The van der Waals surface area contributed by atoms with Gasteiger partial charge < -0.3 is 10.6 Å². The summed E-state index contributed by atoms with van der Waals surface area (Å²) in [5.41, 5.74) is -0.367. The average molecular weight is 303 g/mol. The topological polar surface area (TPSA) is 41.1 Å². The van der Waals surface area contributed by atoms with Crippen LogP contribution in [0.3, 0.4) is 0 Å². The molecule has 1 aromatic rings. The number of hydrogen-bond donors (Lipinski definition) is 2. The fourth-order valence-corrected chi connectivity index (χ4v) is 3.32. The van der Waals surface area contributed by atoms with Crippen LogP contribution in [0.2, 0.25) is 0 Å². The minimum Gasteiger partial charge on any atom is -0.350 e. The van der Waals surface area contributed by atoms with Crippen molar-refractivity contribution in [2.45, 2.75) is 31.8 Å². The molecule has 16 heavy (non-hydrogen) atoms. The first-order valence-electron chi connectivity index (χ1n) is 5.38. The maximum absolute atomic E-state index is 12.0. The van der Waals surface area contributed by atoms with Gasteiger partial charge in [-0.05, 0) is 54.4 Å². The van der Waals surface area contributed by atoms with Crippen molar-refractivity contribution in [2.75, 3.05) is 6.54 Å². The molecule has 0 radical (unpaired) electrons. The predicted octanol–water partition coefficient (Wildman–Crippen LogP) is 2.27. The molecule has 1 aliphatic rings. The number of nitrogens with one attached hydrogen (secondary N) is 2. The van der Waals surface area contributed by atoms with E-state index in [9.17, 15) is 4.79 Å². The van der Waals surface area contributed by atoms with E-state index in [0.29, 0.717) is 6.54 Å². The molecule has 1 amide bonds. The van der Waals surface area contributed by atoms with Crippen LogP contribution in [0, 0.1) is 0 Å². The highest BCUT2D eigenvalue weighted by Gasteiger charge is 2.35. The van der Waals surface area contributed by atoms with Crippen LogP contribution in [0.5, 0.6) is 0 Å². The maximum Gasteiger partial charge on any atom is 0.240 e. The molecule has 1 saturated heterocycles. The second-order valence-corrected chi connectivity index (χ2v) is 6.80. The molecule has 1 unspecified atom stereocenters. The third-order valence-electron chi connectivity index (χ3n) is 2.92. The smallest absolute Gasteiger partial charge is 0.240 e. The van der Waals surface area contributed by atoms with Crippen LogP contribution in [0.4, 0.5) is 0 Å². The molecule has 0 bridgehead atoms. The van der Waals surface area contributed by atoms with E-state index in [2.05, 4.69) is 26.6 Å². The highest BCUT2D eigenvalue weighted by Crippen LogP contribution is 2.22. The molecule has 0 aromatic carbocycles. The van der Waals surface area contributed by atoms with E-state index in [1.807, 2.05) is 19.1 Å². The number of carbonyl (C=O) groups is 1. The molecule has 88 valence electrons. The normalized spacial score (nSPS) is 24.6. The van der Waals surface area contributed by atoms with Crippen molar-refractivity contribution >= 4 is 33.2 Å². The molecule has 3 nitrogen and oxygen atoms in total. The SMILES string of the molecule is CC1(C(=O)NCc2ccc(Br)s2)CCCN1.